The Morgan fingerprint density at radius 1 is 0.783 bits per heavy atom. The van der Waals surface area contributed by atoms with Gasteiger partial charge in [0.25, 0.3) is 0 Å². The lowest BCUT2D eigenvalue weighted by Gasteiger charge is -2.20. The van der Waals surface area contributed by atoms with Gasteiger partial charge in [0.2, 0.25) is 0 Å². The predicted octanol–water partition coefficient (Wildman–Crippen LogP) is 4.82. The fraction of sp³-hybridized carbons (Fsp3) is 0.0952. The summed E-state index contributed by atoms with van der Waals surface area (Å²) in [4.78, 5) is 0. The SMILES string of the molecule is N#Cc1cccc(C2c3ccccc3OC2c2ccccc2)c1. The van der Waals surface area contributed by atoms with E-state index in [4.69, 9.17) is 4.74 Å². The van der Waals surface area contributed by atoms with Gasteiger partial charge in [-0.05, 0) is 29.3 Å². The van der Waals surface area contributed by atoms with Crippen LogP contribution in [0.25, 0.3) is 0 Å². The third kappa shape index (κ3) is 2.37. The largest absolute Gasteiger partial charge is 0.484 e. The zero-order chi connectivity index (χ0) is 15.6. The summed E-state index contributed by atoms with van der Waals surface area (Å²) in [6.07, 6.45) is -0.0671. The predicted molar refractivity (Wildman–Crippen MR) is 89.3 cm³/mol. The van der Waals surface area contributed by atoms with Crippen LogP contribution in [0, 0.1) is 11.3 Å². The molecule has 1 heterocycles. The van der Waals surface area contributed by atoms with Crippen molar-refractivity contribution < 1.29 is 4.74 Å². The molecule has 2 heteroatoms. The number of nitriles is 1. The van der Waals surface area contributed by atoms with Gasteiger partial charge in [0.15, 0.2) is 0 Å². The van der Waals surface area contributed by atoms with Gasteiger partial charge in [-0.1, -0.05) is 60.7 Å². The van der Waals surface area contributed by atoms with Crippen molar-refractivity contribution >= 4 is 0 Å². The molecule has 0 saturated carbocycles. The van der Waals surface area contributed by atoms with Gasteiger partial charge in [-0.15, -0.1) is 0 Å². The minimum atomic E-state index is -0.0671. The number of hydrogen-bond donors (Lipinski definition) is 0. The van der Waals surface area contributed by atoms with Crippen molar-refractivity contribution in [3.63, 3.8) is 0 Å². The number of benzene rings is 3. The Kier molecular flexibility index (Phi) is 3.33. The van der Waals surface area contributed by atoms with Crippen LogP contribution in [0.4, 0.5) is 0 Å². The summed E-state index contributed by atoms with van der Waals surface area (Å²) in [7, 11) is 0. The van der Waals surface area contributed by atoms with Crippen LogP contribution in [0.1, 0.15) is 34.3 Å². The lowest BCUT2D eigenvalue weighted by atomic mass is 9.85. The van der Waals surface area contributed by atoms with Crippen molar-refractivity contribution in [3.05, 3.63) is 101 Å². The molecule has 0 amide bonds. The molecule has 1 aliphatic rings. The molecule has 0 aromatic heterocycles. The van der Waals surface area contributed by atoms with Crippen LogP contribution in [0.2, 0.25) is 0 Å². The van der Waals surface area contributed by atoms with E-state index in [1.54, 1.807) is 0 Å². The fourth-order valence-electron chi connectivity index (χ4n) is 3.27. The standard InChI is InChI=1S/C21H15NO/c22-14-15-7-6-10-17(13-15)20-18-11-4-5-12-19(18)23-21(20)16-8-2-1-3-9-16/h1-13,20-21H. The molecule has 23 heavy (non-hydrogen) atoms. The van der Waals surface area contributed by atoms with E-state index in [1.807, 2.05) is 54.6 Å². The lowest BCUT2D eigenvalue weighted by molar-refractivity contribution is 0.222. The van der Waals surface area contributed by atoms with E-state index >= 15 is 0 Å². The van der Waals surface area contributed by atoms with Crippen molar-refractivity contribution in [3.8, 4) is 11.8 Å². The summed E-state index contributed by atoms with van der Waals surface area (Å²) in [5, 5.41) is 9.20. The first kappa shape index (κ1) is 13.6. The molecule has 0 aliphatic carbocycles. The van der Waals surface area contributed by atoms with Gasteiger partial charge in [-0.2, -0.15) is 5.26 Å². The summed E-state index contributed by atoms with van der Waals surface area (Å²) >= 11 is 0. The van der Waals surface area contributed by atoms with Crippen LogP contribution in [-0.2, 0) is 0 Å². The number of hydrogen-bond acceptors (Lipinski definition) is 2. The Hall–Kier alpha value is -3.05. The quantitative estimate of drug-likeness (QED) is 0.679. The summed E-state index contributed by atoms with van der Waals surface area (Å²) in [6.45, 7) is 0. The minimum absolute atomic E-state index is 0.0671. The van der Waals surface area contributed by atoms with E-state index in [0.717, 1.165) is 16.9 Å². The van der Waals surface area contributed by atoms with Gasteiger partial charge in [0, 0.05) is 5.56 Å². The zero-order valence-corrected chi connectivity index (χ0v) is 12.5. The fourth-order valence-corrected chi connectivity index (χ4v) is 3.27. The van der Waals surface area contributed by atoms with Crippen LogP contribution in [0.5, 0.6) is 5.75 Å². The molecule has 0 radical (unpaired) electrons. The maximum atomic E-state index is 9.20. The first-order valence-corrected chi connectivity index (χ1v) is 7.67. The lowest BCUT2D eigenvalue weighted by Crippen LogP contribution is -2.11. The number of rotatable bonds is 2. The van der Waals surface area contributed by atoms with Crippen LogP contribution >= 0.6 is 0 Å². The second-order valence-electron chi connectivity index (χ2n) is 5.70. The maximum absolute atomic E-state index is 9.20. The van der Waals surface area contributed by atoms with E-state index in [2.05, 4.69) is 30.3 Å². The number of nitrogens with zero attached hydrogens (tertiary/aromatic N) is 1. The molecule has 0 bridgehead atoms. The van der Waals surface area contributed by atoms with Crippen molar-refractivity contribution in [2.75, 3.05) is 0 Å². The Bertz CT molecular complexity index is 880. The number of ether oxygens (including phenoxy) is 1. The topological polar surface area (TPSA) is 33.0 Å². The first-order valence-electron chi connectivity index (χ1n) is 7.67. The van der Waals surface area contributed by atoms with E-state index < -0.39 is 0 Å². The molecule has 4 rings (SSSR count). The van der Waals surface area contributed by atoms with E-state index in [-0.39, 0.29) is 12.0 Å². The van der Waals surface area contributed by atoms with Crippen molar-refractivity contribution in [1.29, 1.82) is 5.26 Å². The van der Waals surface area contributed by atoms with Gasteiger partial charge in [-0.25, -0.2) is 0 Å². The Balaban J connectivity index is 1.86. The normalized spacial score (nSPS) is 18.7. The van der Waals surface area contributed by atoms with Crippen LogP contribution < -0.4 is 4.74 Å². The van der Waals surface area contributed by atoms with E-state index in [0.29, 0.717) is 5.56 Å². The molecule has 0 saturated heterocycles. The zero-order valence-electron chi connectivity index (χ0n) is 12.5. The molecule has 2 atom stereocenters. The molecule has 2 nitrogen and oxygen atoms in total. The molecule has 0 N–H and O–H groups in total. The molecule has 1 aliphatic heterocycles. The summed E-state index contributed by atoms with van der Waals surface area (Å²) in [6, 6.07) is 28.5. The second kappa shape index (κ2) is 5.62. The smallest absolute Gasteiger partial charge is 0.135 e. The van der Waals surface area contributed by atoms with Gasteiger partial charge < -0.3 is 4.74 Å². The Morgan fingerprint density at radius 2 is 1.52 bits per heavy atom. The first-order chi connectivity index (χ1) is 11.4. The Labute approximate surface area is 135 Å². The third-order valence-corrected chi connectivity index (χ3v) is 4.31. The highest BCUT2D eigenvalue weighted by Crippen LogP contribution is 2.49. The van der Waals surface area contributed by atoms with Gasteiger partial charge in [0.05, 0.1) is 17.6 Å². The van der Waals surface area contributed by atoms with E-state index in [9.17, 15) is 5.26 Å². The van der Waals surface area contributed by atoms with Crippen molar-refractivity contribution in [1.82, 2.24) is 0 Å². The van der Waals surface area contributed by atoms with Gasteiger partial charge in [0.1, 0.15) is 11.9 Å². The Morgan fingerprint density at radius 3 is 2.35 bits per heavy atom. The molecule has 2 unspecified atom stereocenters. The summed E-state index contributed by atoms with van der Waals surface area (Å²) < 4.78 is 6.25. The van der Waals surface area contributed by atoms with Crippen LogP contribution in [-0.4, -0.2) is 0 Å². The number of para-hydroxylation sites is 1. The summed E-state index contributed by atoms with van der Waals surface area (Å²) in [5.74, 6) is 1.02. The second-order valence-corrected chi connectivity index (χ2v) is 5.70. The monoisotopic (exact) mass is 297 g/mol. The highest BCUT2D eigenvalue weighted by atomic mass is 16.5. The number of fused-ring (bicyclic) bond motifs is 1. The third-order valence-electron chi connectivity index (χ3n) is 4.31. The summed E-state index contributed by atoms with van der Waals surface area (Å²) in [5.41, 5.74) is 4.12. The molecular weight excluding hydrogens is 282 g/mol. The van der Waals surface area contributed by atoms with Gasteiger partial charge >= 0.3 is 0 Å². The van der Waals surface area contributed by atoms with Crippen LogP contribution in [0.3, 0.4) is 0 Å². The minimum Gasteiger partial charge on any atom is -0.484 e. The molecule has 0 spiro atoms. The van der Waals surface area contributed by atoms with Crippen molar-refractivity contribution in [2.45, 2.75) is 12.0 Å². The average molecular weight is 297 g/mol. The molecule has 0 fully saturated rings. The highest BCUT2D eigenvalue weighted by molar-refractivity contribution is 5.50. The molecule has 3 aromatic carbocycles. The van der Waals surface area contributed by atoms with Gasteiger partial charge in [-0.3, -0.25) is 0 Å². The average Bonchev–Trinajstić information content (AvgIpc) is 3.02. The van der Waals surface area contributed by atoms with E-state index in [1.165, 1.54) is 5.56 Å². The maximum Gasteiger partial charge on any atom is 0.135 e. The highest BCUT2D eigenvalue weighted by Gasteiger charge is 2.36. The van der Waals surface area contributed by atoms with Crippen LogP contribution in [0.15, 0.2) is 78.9 Å². The molecule has 3 aromatic rings. The van der Waals surface area contributed by atoms with Crippen molar-refractivity contribution in [2.24, 2.45) is 0 Å². The molecular formula is C21H15NO. The molecule has 110 valence electrons.